The van der Waals surface area contributed by atoms with Crippen molar-refractivity contribution < 1.29 is 27.4 Å². The standard InChI is InChI=1S/C18H16F3NO3/c1-24-15-5-3-4-12(17(15)25-2)6-11-16(23)22-14-9-7-13(8-10-14)18(19,20)21/h3-11H,1-2H3,(H,22,23). The number of hydrogen-bond acceptors (Lipinski definition) is 3. The number of amides is 1. The molecule has 0 aliphatic heterocycles. The highest BCUT2D eigenvalue weighted by molar-refractivity contribution is 6.02. The summed E-state index contributed by atoms with van der Waals surface area (Å²) >= 11 is 0. The van der Waals surface area contributed by atoms with Crippen molar-refractivity contribution in [1.29, 1.82) is 0 Å². The number of halogens is 3. The second kappa shape index (κ2) is 7.74. The van der Waals surface area contributed by atoms with Gasteiger partial charge < -0.3 is 14.8 Å². The number of carbonyl (C=O) groups excluding carboxylic acids is 1. The molecule has 2 rings (SSSR count). The van der Waals surface area contributed by atoms with Gasteiger partial charge in [-0.25, -0.2) is 0 Å². The Kier molecular flexibility index (Phi) is 5.69. The van der Waals surface area contributed by atoms with Crippen molar-refractivity contribution in [1.82, 2.24) is 0 Å². The molecule has 0 radical (unpaired) electrons. The van der Waals surface area contributed by atoms with Gasteiger partial charge in [-0.2, -0.15) is 13.2 Å². The number of rotatable bonds is 5. The molecule has 0 bridgehead atoms. The van der Waals surface area contributed by atoms with E-state index in [0.29, 0.717) is 17.1 Å². The molecule has 0 atom stereocenters. The van der Waals surface area contributed by atoms with Crippen molar-refractivity contribution in [2.75, 3.05) is 19.5 Å². The van der Waals surface area contributed by atoms with Gasteiger partial charge in [0.25, 0.3) is 0 Å². The van der Waals surface area contributed by atoms with Crippen molar-refractivity contribution in [2.24, 2.45) is 0 Å². The fourth-order valence-electron chi connectivity index (χ4n) is 2.14. The van der Waals surface area contributed by atoms with Gasteiger partial charge in [-0.1, -0.05) is 12.1 Å². The highest BCUT2D eigenvalue weighted by Gasteiger charge is 2.29. The highest BCUT2D eigenvalue weighted by atomic mass is 19.4. The van der Waals surface area contributed by atoms with Gasteiger partial charge in [0.2, 0.25) is 5.91 Å². The summed E-state index contributed by atoms with van der Waals surface area (Å²) in [5.74, 6) is 0.515. The number of para-hydroxylation sites is 1. The molecule has 7 heteroatoms. The van der Waals surface area contributed by atoms with Crippen molar-refractivity contribution in [2.45, 2.75) is 6.18 Å². The Morgan fingerprint density at radius 2 is 1.72 bits per heavy atom. The monoisotopic (exact) mass is 351 g/mol. The van der Waals surface area contributed by atoms with Crippen LogP contribution in [0.25, 0.3) is 6.08 Å². The van der Waals surface area contributed by atoms with Gasteiger partial charge in [-0.05, 0) is 36.4 Å². The van der Waals surface area contributed by atoms with Crippen LogP contribution in [0.2, 0.25) is 0 Å². The largest absolute Gasteiger partial charge is 0.493 e. The Bertz CT molecular complexity index is 768. The van der Waals surface area contributed by atoms with E-state index in [0.717, 1.165) is 12.1 Å². The molecule has 0 unspecified atom stereocenters. The molecular formula is C18H16F3NO3. The minimum Gasteiger partial charge on any atom is -0.493 e. The molecule has 1 amide bonds. The van der Waals surface area contributed by atoms with Crippen LogP contribution in [-0.4, -0.2) is 20.1 Å². The number of nitrogens with one attached hydrogen (secondary N) is 1. The first-order valence-corrected chi connectivity index (χ1v) is 7.22. The Morgan fingerprint density at radius 1 is 1.04 bits per heavy atom. The Hall–Kier alpha value is -2.96. The Balaban J connectivity index is 2.09. The zero-order chi connectivity index (χ0) is 18.4. The molecule has 0 aliphatic carbocycles. The topological polar surface area (TPSA) is 47.6 Å². The second-order valence-corrected chi connectivity index (χ2v) is 4.98. The average Bonchev–Trinajstić information content (AvgIpc) is 2.59. The molecule has 4 nitrogen and oxygen atoms in total. The fraction of sp³-hybridized carbons (Fsp3) is 0.167. The van der Waals surface area contributed by atoms with Gasteiger partial charge in [-0.3, -0.25) is 4.79 Å². The van der Waals surface area contributed by atoms with E-state index in [1.165, 1.54) is 38.5 Å². The van der Waals surface area contributed by atoms with Crippen LogP contribution in [-0.2, 0) is 11.0 Å². The van der Waals surface area contributed by atoms with Crippen LogP contribution in [0.4, 0.5) is 18.9 Å². The molecule has 25 heavy (non-hydrogen) atoms. The number of hydrogen-bond donors (Lipinski definition) is 1. The third kappa shape index (κ3) is 4.76. The molecule has 1 N–H and O–H groups in total. The molecule has 0 aromatic heterocycles. The van der Waals surface area contributed by atoms with E-state index in [9.17, 15) is 18.0 Å². The van der Waals surface area contributed by atoms with E-state index in [-0.39, 0.29) is 5.69 Å². The summed E-state index contributed by atoms with van der Waals surface area (Å²) in [6, 6.07) is 9.41. The maximum Gasteiger partial charge on any atom is 0.416 e. The van der Waals surface area contributed by atoms with E-state index in [1.54, 1.807) is 18.2 Å². The molecule has 2 aromatic carbocycles. The Labute approximate surface area is 142 Å². The molecule has 132 valence electrons. The summed E-state index contributed by atoms with van der Waals surface area (Å²) in [4.78, 5) is 11.9. The summed E-state index contributed by atoms with van der Waals surface area (Å²) in [6.45, 7) is 0. The van der Waals surface area contributed by atoms with E-state index in [1.807, 2.05) is 0 Å². The number of anilines is 1. The number of benzene rings is 2. The van der Waals surface area contributed by atoms with Crippen molar-refractivity contribution in [3.8, 4) is 11.5 Å². The lowest BCUT2D eigenvalue weighted by atomic mass is 10.1. The van der Waals surface area contributed by atoms with Crippen molar-refractivity contribution >= 4 is 17.7 Å². The van der Waals surface area contributed by atoms with Crippen molar-refractivity contribution in [3.63, 3.8) is 0 Å². The predicted molar refractivity (Wildman–Crippen MR) is 88.7 cm³/mol. The maximum atomic E-state index is 12.5. The number of methoxy groups -OCH3 is 2. The van der Waals surface area contributed by atoms with E-state index in [4.69, 9.17) is 9.47 Å². The number of alkyl halides is 3. The Morgan fingerprint density at radius 3 is 2.28 bits per heavy atom. The van der Waals surface area contributed by atoms with Crippen LogP contribution in [0.3, 0.4) is 0 Å². The van der Waals surface area contributed by atoms with Crippen LogP contribution >= 0.6 is 0 Å². The van der Waals surface area contributed by atoms with E-state index in [2.05, 4.69) is 5.32 Å². The molecule has 0 saturated carbocycles. The minimum absolute atomic E-state index is 0.264. The van der Waals surface area contributed by atoms with Crippen LogP contribution in [0.15, 0.2) is 48.5 Å². The lowest BCUT2D eigenvalue weighted by Crippen LogP contribution is -2.09. The normalized spacial score (nSPS) is 11.4. The van der Waals surface area contributed by atoms with Crippen LogP contribution in [0.1, 0.15) is 11.1 Å². The van der Waals surface area contributed by atoms with Crippen LogP contribution in [0, 0.1) is 0 Å². The van der Waals surface area contributed by atoms with Crippen LogP contribution < -0.4 is 14.8 Å². The highest BCUT2D eigenvalue weighted by Crippen LogP contribution is 2.32. The van der Waals surface area contributed by atoms with Gasteiger partial charge in [0.05, 0.1) is 19.8 Å². The molecule has 0 heterocycles. The van der Waals surface area contributed by atoms with Crippen LogP contribution in [0.5, 0.6) is 11.5 Å². The summed E-state index contributed by atoms with van der Waals surface area (Å²) in [5.41, 5.74) is 0.117. The molecule has 0 saturated heterocycles. The summed E-state index contributed by atoms with van der Waals surface area (Å²) in [6.07, 6.45) is -1.62. The summed E-state index contributed by atoms with van der Waals surface area (Å²) in [7, 11) is 2.99. The predicted octanol–water partition coefficient (Wildman–Crippen LogP) is 4.37. The third-order valence-corrected chi connectivity index (χ3v) is 3.33. The molecular weight excluding hydrogens is 335 g/mol. The molecule has 2 aromatic rings. The smallest absolute Gasteiger partial charge is 0.416 e. The first kappa shape index (κ1) is 18.4. The SMILES string of the molecule is COc1cccc(C=CC(=O)Nc2ccc(C(F)(F)F)cc2)c1OC. The average molecular weight is 351 g/mol. The first-order valence-electron chi connectivity index (χ1n) is 7.22. The summed E-state index contributed by atoms with van der Waals surface area (Å²) in [5, 5.41) is 2.49. The maximum absolute atomic E-state index is 12.5. The van der Waals surface area contributed by atoms with Gasteiger partial charge in [0.1, 0.15) is 0 Å². The van der Waals surface area contributed by atoms with E-state index >= 15 is 0 Å². The van der Waals surface area contributed by atoms with E-state index < -0.39 is 17.6 Å². The molecule has 0 aliphatic rings. The number of ether oxygens (including phenoxy) is 2. The van der Waals surface area contributed by atoms with Gasteiger partial charge >= 0.3 is 6.18 Å². The third-order valence-electron chi connectivity index (χ3n) is 3.33. The fourth-order valence-corrected chi connectivity index (χ4v) is 2.14. The molecule has 0 fully saturated rings. The minimum atomic E-state index is -4.41. The van der Waals surface area contributed by atoms with Gasteiger partial charge in [-0.15, -0.1) is 0 Å². The lowest BCUT2D eigenvalue weighted by Gasteiger charge is -2.10. The first-order chi connectivity index (χ1) is 11.8. The molecule has 0 spiro atoms. The van der Waals surface area contributed by atoms with Gasteiger partial charge in [0.15, 0.2) is 11.5 Å². The van der Waals surface area contributed by atoms with Gasteiger partial charge in [0, 0.05) is 17.3 Å². The zero-order valence-electron chi connectivity index (χ0n) is 13.6. The zero-order valence-corrected chi connectivity index (χ0v) is 13.6. The number of carbonyl (C=O) groups is 1. The quantitative estimate of drug-likeness (QED) is 0.814. The van der Waals surface area contributed by atoms with Crippen molar-refractivity contribution in [3.05, 3.63) is 59.7 Å². The lowest BCUT2D eigenvalue weighted by molar-refractivity contribution is -0.137. The summed E-state index contributed by atoms with van der Waals surface area (Å²) < 4.78 is 47.9. The second-order valence-electron chi connectivity index (χ2n) is 4.98.